The number of aromatic nitrogens is 1. The van der Waals surface area contributed by atoms with Crippen LogP contribution in [0, 0.1) is 0 Å². The Kier molecular flexibility index (Phi) is 11.6. The minimum Gasteiger partial charge on any atom is -0.494 e. The molecule has 0 aliphatic rings. The van der Waals surface area contributed by atoms with Gasteiger partial charge in [-0.25, -0.2) is 4.98 Å². The van der Waals surface area contributed by atoms with Gasteiger partial charge in [-0.05, 0) is 76.8 Å². The molecule has 0 spiro atoms. The summed E-state index contributed by atoms with van der Waals surface area (Å²) in [6.45, 7) is 6.90. The van der Waals surface area contributed by atoms with Gasteiger partial charge in [-0.1, -0.05) is 37.2 Å². The molecular formula is C26H36ClN3O3S. The monoisotopic (exact) mass is 505 g/mol. The third-order valence-corrected chi connectivity index (χ3v) is 6.26. The molecule has 0 radical (unpaired) electrons. The number of unbranched alkanes of at least 4 members (excludes halogenated alkanes) is 2. The first-order valence-corrected chi connectivity index (χ1v) is 12.6. The van der Waals surface area contributed by atoms with Crippen LogP contribution in [-0.2, 0) is 0 Å². The highest BCUT2D eigenvalue weighted by Gasteiger charge is 2.22. The van der Waals surface area contributed by atoms with E-state index < -0.39 is 0 Å². The second kappa shape index (κ2) is 14.1. The smallest absolute Gasteiger partial charge is 0.260 e. The number of nitrogens with zero attached hydrogens (tertiary/aromatic N) is 3. The fourth-order valence-corrected chi connectivity index (χ4v) is 4.53. The first-order valence-electron chi connectivity index (χ1n) is 11.7. The second-order valence-corrected chi connectivity index (χ2v) is 9.27. The average Bonchev–Trinajstić information content (AvgIpc) is 3.22. The number of fused-ring (bicyclic) bond motifs is 1. The summed E-state index contributed by atoms with van der Waals surface area (Å²) in [5, 5.41) is 0.705. The van der Waals surface area contributed by atoms with Crippen molar-refractivity contribution < 1.29 is 14.3 Å². The van der Waals surface area contributed by atoms with Crippen molar-refractivity contribution in [2.24, 2.45) is 0 Å². The van der Waals surface area contributed by atoms with Gasteiger partial charge in [0.1, 0.15) is 11.5 Å². The Morgan fingerprint density at radius 2 is 1.76 bits per heavy atom. The number of carbonyl (C=O) groups is 1. The van der Waals surface area contributed by atoms with E-state index in [9.17, 15) is 4.79 Å². The van der Waals surface area contributed by atoms with Crippen molar-refractivity contribution in [3.63, 3.8) is 0 Å². The van der Waals surface area contributed by atoms with Gasteiger partial charge in [-0.2, -0.15) is 0 Å². The summed E-state index contributed by atoms with van der Waals surface area (Å²) in [5.41, 5.74) is 1.49. The van der Waals surface area contributed by atoms with Crippen LogP contribution in [0.4, 0.5) is 5.13 Å². The van der Waals surface area contributed by atoms with Gasteiger partial charge in [0, 0.05) is 12.1 Å². The number of rotatable bonds is 13. The van der Waals surface area contributed by atoms with Crippen LogP contribution in [0.25, 0.3) is 10.2 Å². The summed E-state index contributed by atoms with van der Waals surface area (Å²) in [4.78, 5) is 22.3. The first kappa shape index (κ1) is 27.9. The molecule has 2 aromatic carbocycles. The molecule has 3 aromatic rings. The number of carbonyl (C=O) groups excluding carboxylic acids is 1. The Morgan fingerprint density at radius 1 is 0.971 bits per heavy atom. The summed E-state index contributed by atoms with van der Waals surface area (Å²) in [5.74, 6) is 1.49. The molecule has 1 aromatic heterocycles. The largest absolute Gasteiger partial charge is 0.494 e. The third kappa shape index (κ3) is 7.86. The Hall–Kier alpha value is -2.35. The fraction of sp³-hybridized carbons (Fsp3) is 0.462. The highest BCUT2D eigenvalue weighted by atomic mass is 35.5. The van der Waals surface area contributed by atoms with Crippen LogP contribution in [0.3, 0.4) is 0 Å². The van der Waals surface area contributed by atoms with Crippen LogP contribution in [-0.4, -0.2) is 56.2 Å². The lowest BCUT2D eigenvalue weighted by atomic mass is 10.2. The predicted octanol–water partition coefficient (Wildman–Crippen LogP) is 6.28. The molecule has 1 amide bonds. The Morgan fingerprint density at radius 3 is 2.50 bits per heavy atom. The molecule has 0 aliphatic carbocycles. The van der Waals surface area contributed by atoms with Gasteiger partial charge in [0.2, 0.25) is 0 Å². The van der Waals surface area contributed by atoms with E-state index in [1.54, 1.807) is 4.90 Å². The van der Waals surface area contributed by atoms with Crippen LogP contribution in [0.15, 0.2) is 42.5 Å². The molecule has 0 saturated heterocycles. The maximum atomic E-state index is 13.6. The number of ether oxygens (including phenoxy) is 2. The maximum absolute atomic E-state index is 13.6. The lowest BCUT2D eigenvalue weighted by Gasteiger charge is -2.21. The zero-order valence-corrected chi connectivity index (χ0v) is 22.2. The fourth-order valence-electron chi connectivity index (χ4n) is 3.51. The Balaban J connectivity index is 0.00000408. The zero-order valence-electron chi connectivity index (χ0n) is 20.6. The molecular weight excluding hydrogens is 470 g/mol. The summed E-state index contributed by atoms with van der Waals surface area (Å²) in [6, 6.07) is 13.3. The van der Waals surface area contributed by atoms with E-state index in [4.69, 9.17) is 14.5 Å². The Bertz CT molecular complexity index is 1040. The van der Waals surface area contributed by atoms with Crippen molar-refractivity contribution in [2.75, 3.05) is 45.3 Å². The van der Waals surface area contributed by atoms with Gasteiger partial charge in [0.05, 0.1) is 23.4 Å². The van der Waals surface area contributed by atoms with E-state index in [1.807, 2.05) is 63.5 Å². The molecule has 1 heterocycles. The van der Waals surface area contributed by atoms with Crippen LogP contribution in [0.5, 0.6) is 11.5 Å². The molecule has 0 fully saturated rings. The third-order valence-electron chi connectivity index (χ3n) is 5.22. The quantitative estimate of drug-likeness (QED) is 0.256. The maximum Gasteiger partial charge on any atom is 0.260 e. The highest BCUT2D eigenvalue weighted by molar-refractivity contribution is 7.22. The van der Waals surface area contributed by atoms with Gasteiger partial charge in [0.15, 0.2) is 5.13 Å². The summed E-state index contributed by atoms with van der Waals surface area (Å²) < 4.78 is 12.5. The average molecular weight is 506 g/mol. The van der Waals surface area contributed by atoms with Crippen molar-refractivity contribution in [1.82, 2.24) is 9.88 Å². The molecule has 0 saturated carbocycles. The zero-order chi connectivity index (χ0) is 23.6. The van der Waals surface area contributed by atoms with Gasteiger partial charge < -0.3 is 14.4 Å². The van der Waals surface area contributed by atoms with Crippen molar-refractivity contribution in [3.8, 4) is 11.5 Å². The summed E-state index contributed by atoms with van der Waals surface area (Å²) >= 11 is 1.52. The molecule has 34 heavy (non-hydrogen) atoms. The molecule has 0 bridgehead atoms. The molecule has 0 unspecified atom stereocenters. The topological polar surface area (TPSA) is 54.9 Å². The van der Waals surface area contributed by atoms with Crippen molar-refractivity contribution in [2.45, 2.75) is 39.5 Å². The molecule has 3 rings (SSSR count). The molecule has 0 aliphatic heterocycles. The highest BCUT2D eigenvalue weighted by Crippen LogP contribution is 2.32. The van der Waals surface area contributed by atoms with E-state index in [1.165, 1.54) is 11.3 Å². The summed E-state index contributed by atoms with van der Waals surface area (Å²) in [7, 11) is 4.08. The minimum absolute atomic E-state index is 0. The SMILES string of the molecule is CCCCCOc1cccc(C(=O)N(CCCN(C)C)c2nc3ccc(OCC)cc3s2)c1.Cl. The van der Waals surface area contributed by atoms with Crippen LogP contribution >= 0.6 is 23.7 Å². The molecule has 186 valence electrons. The molecule has 0 N–H and O–H groups in total. The predicted molar refractivity (Wildman–Crippen MR) is 144 cm³/mol. The molecule has 0 atom stereocenters. The standard InChI is InChI=1S/C26H35N3O3S.ClH/c1-5-7-8-17-32-21-12-9-11-20(18-21)25(30)29(16-10-15-28(3)4)26-27-23-14-13-22(31-6-2)19-24(23)33-26;/h9,11-14,18-19H,5-8,10,15-17H2,1-4H3;1H. The van der Waals surface area contributed by atoms with Crippen molar-refractivity contribution >= 4 is 45.0 Å². The Labute approximate surface area is 213 Å². The molecule has 8 heteroatoms. The van der Waals surface area contributed by atoms with Crippen molar-refractivity contribution in [3.05, 3.63) is 48.0 Å². The van der Waals surface area contributed by atoms with Crippen LogP contribution in [0.2, 0.25) is 0 Å². The van der Waals surface area contributed by atoms with Gasteiger partial charge in [-0.15, -0.1) is 12.4 Å². The normalized spacial score (nSPS) is 10.9. The van der Waals surface area contributed by atoms with E-state index in [0.29, 0.717) is 30.5 Å². The number of hydrogen-bond donors (Lipinski definition) is 0. The number of amides is 1. The van der Waals surface area contributed by atoms with Crippen LogP contribution in [0.1, 0.15) is 49.9 Å². The lowest BCUT2D eigenvalue weighted by Crippen LogP contribution is -2.33. The van der Waals surface area contributed by atoms with E-state index in [-0.39, 0.29) is 18.3 Å². The number of benzene rings is 2. The van der Waals surface area contributed by atoms with E-state index in [2.05, 4.69) is 11.8 Å². The number of hydrogen-bond acceptors (Lipinski definition) is 6. The van der Waals surface area contributed by atoms with Gasteiger partial charge in [-0.3, -0.25) is 9.69 Å². The van der Waals surface area contributed by atoms with Crippen LogP contribution < -0.4 is 14.4 Å². The first-order chi connectivity index (χ1) is 16.0. The number of anilines is 1. The lowest BCUT2D eigenvalue weighted by molar-refractivity contribution is 0.0985. The van der Waals surface area contributed by atoms with E-state index >= 15 is 0 Å². The van der Waals surface area contributed by atoms with E-state index in [0.717, 1.165) is 53.9 Å². The second-order valence-electron chi connectivity index (χ2n) is 8.26. The number of thiazole rings is 1. The molecule has 6 nitrogen and oxygen atoms in total. The van der Waals surface area contributed by atoms with Gasteiger partial charge in [0.25, 0.3) is 5.91 Å². The van der Waals surface area contributed by atoms with Crippen molar-refractivity contribution in [1.29, 1.82) is 0 Å². The summed E-state index contributed by atoms with van der Waals surface area (Å²) in [6.07, 6.45) is 4.16. The minimum atomic E-state index is -0.0585. The number of halogens is 1. The van der Waals surface area contributed by atoms with Gasteiger partial charge >= 0.3 is 0 Å².